The lowest BCUT2D eigenvalue weighted by Gasteiger charge is -2.34. The normalized spacial score (nSPS) is 13.3. The lowest BCUT2D eigenvalue weighted by atomic mass is 9.98. The Bertz CT molecular complexity index is 1100. The van der Waals surface area contributed by atoms with Crippen LogP contribution in [0.1, 0.15) is 22.7 Å². The third-order valence-corrected chi connectivity index (χ3v) is 5.87. The van der Waals surface area contributed by atoms with Gasteiger partial charge in [0.2, 0.25) is 0 Å². The molecule has 1 N–H and O–H groups in total. The van der Waals surface area contributed by atoms with E-state index < -0.39 is 24.1 Å². The second-order valence-corrected chi connectivity index (χ2v) is 8.16. The van der Waals surface area contributed by atoms with Crippen molar-refractivity contribution in [3.8, 4) is 11.1 Å². The minimum absolute atomic E-state index is 0.0194. The number of hydrogen-bond acceptors (Lipinski definition) is 3. The zero-order valence-electron chi connectivity index (χ0n) is 16.6. The average Bonchev–Trinajstić information content (AvgIpc) is 3.07. The summed E-state index contributed by atoms with van der Waals surface area (Å²) in [5, 5.41) is 10.9. The van der Waals surface area contributed by atoms with E-state index in [2.05, 4.69) is 0 Å². The molecule has 0 saturated heterocycles. The standard InChI is InChI=1S/C24H19Cl2NO4/c1-31-24(30)27(21(23(28)29)12-14-10-15(25)13-16(26)11-14)22-19-8-4-2-6-17(19)18-7-3-5-9-20(18)22/h2-11,13,21-22H,12H2,1H3,(H,28,29)/t21-/m0/s1. The van der Waals surface area contributed by atoms with Gasteiger partial charge in [0.05, 0.1) is 13.2 Å². The Labute approximate surface area is 189 Å². The average molecular weight is 456 g/mol. The van der Waals surface area contributed by atoms with Crippen molar-refractivity contribution >= 4 is 35.3 Å². The molecule has 1 atom stereocenters. The maximum Gasteiger partial charge on any atom is 0.411 e. The van der Waals surface area contributed by atoms with Crippen LogP contribution < -0.4 is 0 Å². The Kier molecular flexibility index (Phi) is 5.90. The predicted molar refractivity (Wildman–Crippen MR) is 120 cm³/mol. The molecule has 3 aromatic carbocycles. The summed E-state index contributed by atoms with van der Waals surface area (Å²) in [6.45, 7) is 0. The third-order valence-electron chi connectivity index (χ3n) is 5.44. The maximum absolute atomic E-state index is 13.0. The molecule has 1 aliphatic rings. The summed E-state index contributed by atoms with van der Waals surface area (Å²) in [4.78, 5) is 26.7. The van der Waals surface area contributed by atoms with Gasteiger partial charge in [-0.3, -0.25) is 4.90 Å². The molecule has 0 saturated carbocycles. The molecule has 158 valence electrons. The first kappa shape index (κ1) is 21.2. The van der Waals surface area contributed by atoms with Crippen LogP contribution >= 0.6 is 23.2 Å². The molecular formula is C24H19Cl2NO4. The van der Waals surface area contributed by atoms with Crippen LogP contribution in [-0.4, -0.2) is 35.2 Å². The highest BCUT2D eigenvalue weighted by atomic mass is 35.5. The quantitative estimate of drug-likeness (QED) is 0.525. The van der Waals surface area contributed by atoms with Gasteiger partial charge < -0.3 is 9.84 Å². The zero-order valence-corrected chi connectivity index (χ0v) is 18.1. The second-order valence-electron chi connectivity index (χ2n) is 7.29. The van der Waals surface area contributed by atoms with Crippen LogP contribution in [-0.2, 0) is 16.0 Å². The first-order valence-corrected chi connectivity index (χ1v) is 10.4. The molecule has 31 heavy (non-hydrogen) atoms. The molecule has 4 rings (SSSR count). The number of hydrogen-bond donors (Lipinski definition) is 1. The summed E-state index contributed by atoms with van der Waals surface area (Å²) in [5.41, 5.74) is 4.24. The summed E-state index contributed by atoms with van der Waals surface area (Å²) in [6, 6.07) is 18.4. The molecule has 0 fully saturated rings. The SMILES string of the molecule is COC(=O)N(C1c2ccccc2-c2ccccc21)[C@@H](Cc1cc(Cl)cc(Cl)c1)C(=O)O. The third kappa shape index (κ3) is 3.99. The monoisotopic (exact) mass is 455 g/mol. The molecule has 0 bridgehead atoms. The molecule has 5 nitrogen and oxygen atoms in total. The molecule has 7 heteroatoms. The van der Waals surface area contributed by atoms with Crippen LogP contribution in [0.25, 0.3) is 11.1 Å². The van der Waals surface area contributed by atoms with E-state index in [9.17, 15) is 14.7 Å². The van der Waals surface area contributed by atoms with Gasteiger partial charge in [0.1, 0.15) is 6.04 Å². The first-order chi connectivity index (χ1) is 14.9. The Morgan fingerprint density at radius 3 is 1.97 bits per heavy atom. The van der Waals surface area contributed by atoms with E-state index in [1.807, 2.05) is 48.5 Å². The highest BCUT2D eigenvalue weighted by Gasteiger charge is 2.42. The Hall–Kier alpha value is -3.02. The lowest BCUT2D eigenvalue weighted by molar-refractivity contribution is -0.143. The van der Waals surface area contributed by atoms with E-state index in [0.29, 0.717) is 15.6 Å². The number of carboxylic acid groups (broad SMARTS) is 1. The molecule has 0 spiro atoms. The van der Waals surface area contributed by atoms with Crippen molar-refractivity contribution in [1.29, 1.82) is 0 Å². The van der Waals surface area contributed by atoms with Gasteiger partial charge in [-0.2, -0.15) is 0 Å². The topological polar surface area (TPSA) is 66.8 Å². The molecule has 0 radical (unpaired) electrons. The Morgan fingerprint density at radius 1 is 0.968 bits per heavy atom. The number of amides is 1. The molecule has 0 heterocycles. The van der Waals surface area contributed by atoms with E-state index in [4.69, 9.17) is 27.9 Å². The number of rotatable bonds is 5. The van der Waals surface area contributed by atoms with Gasteiger partial charge in [0.25, 0.3) is 0 Å². The van der Waals surface area contributed by atoms with Gasteiger partial charge in [0, 0.05) is 16.5 Å². The van der Waals surface area contributed by atoms with E-state index in [-0.39, 0.29) is 6.42 Å². The van der Waals surface area contributed by atoms with E-state index in [0.717, 1.165) is 22.3 Å². The van der Waals surface area contributed by atoms with Crippen molar-refractivity contribution in [3.05, 3.63) is 93.5 Å². The summed E-state index contributed by atoms with van der Waals surface area (Å²) >= 11 is 12.2. The van der Waals surface area contributed by atoms with Crippen LogP contribution in [0.4, 0.5) is 4.79 Å². The number of ether oxygens (including phenoxy) is 1. The van der Waals surface area contributed by atoms with Gasteiger partial charge in [-0.25, -0.2) is 9.59 Å². The van der Waals surface area contributed by atoms with Crippen molar-refractivity contribution < 1.29 is 19.4 Å². The predicted octanol–water partition coefficient (Wildman–Crippen LogP) is 5.83. The summed E-state index contributed by atoms with van der Waals surface area (Å²) in [6.07, 6.45) is -0.706. The van der Waals surface area contributed by atoms with Crippen LogP contribution in [0.3, 0.4) is 0 Å². The van der Waals surface area contributed by atoms with Gasteiger partial charge >= 0.3 is 12.1 Å². The van der Waals surface area contributed by atoms with Crippen molar-refractivity contribution in [2.24, 2.45) is 0 Å². The number of methoxy groups -OCH3 is 1. The number of halogens is 2. The van der Waals surface area contributed by atoms with Crippen LogP contribution in [0, 0.1) is 0 Å². The van der Waals surface area contributed by atoms with E-state index in [1.54, 1.807) is 18.2 Å². The summed E-state index contributed by atoms with van der Waals surface area (Å²) in [7, 11) is 1.25. The minimum Gasteiger partial charge on any atom is -0.480 e. The fourth-order valence-electron chi connectivity index (χ4n) is 4.20. The van der Waals surface area contributed by atoms with Crippen molar-refractivity contribution in [2.75, 3.05) is 7.11 Å². The number of carboxylic acids is 1. The smallest absolute Gasteiger partial charge is 0.411 e. The van der Waals surface area contributed by atoms with Gasteiger partial charge in [-0.1, -0.05) is 71.7 Å². The van der Waals surface area contributed by atoms with E-state index >= 15 is 0 Å². The second kappa shape index (κ2) is 8.61. The zero-order chi connectivity index (χ0) is 22.1. The maximum atomic E-state index is 13.0. The van der Waals surface area contributed by atoms with Gasteiger partial charge in [-0.15, -0.1) is 0 Å². The van der Waals surface area contributed by atoms with Gasteiger partial charge in [-0.05, 0) is 46.0 Å². The van der Waals surface area contributed by atoms with Crippen LogP contribution in [0.5, 0.6) is 0 Å². The molecule has 0 aromatic heterocycles. The number of carbonyl (C=O) groups is 2. The number of fused-ring (bicyclic) bond motifs is 3. The van der Waals surface area contributed by atoms with E-state index in [1.165, 1.54) is 12.0 Å². The molecule has 0 unspecified atom stereocenters. The van der Waals surface area contributed by atoms with Crippen molar-refractivity contribution in [3.63, 3.8) is 0 Å². The van der Waals surface area contributed by atoms with Crippen LogP contribution in [0.15, 0.2) is 66.7 Å². The summed E-state index contributed by atoms with van der Waals surface area (Å²) in [5.74, 6) is -1.15. The van der Waals surface area contributed by atoms with Crippen LogP contribution in [0.2, 0.25) is 10.0 Å². The summed E-state index contributed by atoms with van der Waals surface area (Å²) < 4.78 is 5.04. The fourth-order valence-corrected chi connectivity index (χ4v) is 4.77. The molecule has 1 aliphatic carbocycles. The lowest BCUT2D eigenvalue weighted by Crippen LogP contribution is -2.48. The Balaban J connectivity index is 1.84. The number of carbonyl (C=O) groups excluding carboxylic acids is 1. The molecule has 3 aromatic rings. The van der Waals surface area contributed by atoms with Crippen molar-refractivity contribution in [1.82, 2.24) is 4.90 Å². The Morgan fingerprint density at radius 2 is 1.48 bits per heavy atom. The molecule has 0 aliphatic heterocycles. The molecular weight excluding hydrogens is 437 g/mol. The highest BCUT2D eigenvalue weighted by molar-refractivity contribution is 6.34. The first-order valence-electron chi connectivity index (χ1n) is 9.63. The number of benzene rings is 3. The number of aliphatic carboxylic acids is 1. The highest BCUT2D eigenvalue weighted by Crippen LogP contribution is 2.47. The molecule has 1 amide bonds. The fraction of sp³-hybridized carbons (Fsp3) is 0.167. The minimum atomic E-state index is -1.20. The largest absolute Gasteiger partial charge is 0.480 e. The number of nitrogens with zero attached hydrogens (tertiary/aromatic N) is 1. The van der Waals surface area contributed by atoms with Crippen molar-refractivity contribution in [2.45, 2.75) is 18.5 Å². The van der Waals surface area contributed by atoms with Gasteiger partial charge in [0.15, 0.2) is 0 Å².